The maximum Gasteiger partial charge on any atom is 0.192 e. The van der Waals surface area contributed by atoms with Crippen LogP contribution in [0, 0.1) is 0 Å². The molecule has 0 spiro atoms. The molecule has 1 aliphatic rings. The Morgan fingerprint density at radius 3 is 2.38 bits per heavy atom. The molecule has 0 aromatic heterocycles. The van der Waals surface area contributed by atoms with Crippen molar-refractivity contribution in [2.45, 2.75) is 64.8 Å². The summed E-state index contributed by atoms with van der Waals surface area (Å²) in [6.07, 6.45) is 4.87. The van der Waals surface area contributed by atoms with Crippen molar-refractivity contribution in [2.24, 2.45) is 0 Å². The molecule has 0 amide bonds. The lowest BCUT2D eigenvalue weighted by Gasteiger charge is -2.38. The normalized spacial score (nSPS) is 22.1. The Hall–Kier alpha value is -0.343. The van der Waals surface area contributed by atoms with E-state index in [9.17, 15) is 0 Å². The highest BCUT2D eigenvalue weighted by Crippen LogP contribution is 2.39. The van der Waals surface area contributed by atoms with Crippen LogP contribution < -0.4 is 0 Å². The van der Waals surface area contributed by atoms with Crippen LogP contribution in [-0.4, -0.2) is 14.4 Å². The zero-order valence-electron chi connectivity index (χ0n) is 11.7. The third kappa shape index (κ3) is 3.08. The van der Waals surface area contributed by atoms with E-state index in [4.69, 9.17) is 4.43 Å². The van der Waals surface area contributed by atoms with Crippen LogP contribution in [0.5, 0.6) is 0 Å². The summed E-state index contributed by atoms with van der Waals surface area (Å²) in [6.45, 7) is 17.6. The zero-order chi connectivity index (χ0) is 12.6. The Balaban J connectivity index is 2.67. The van der Waals surface area contributed by atoms with Crippen molar-refractivity contribution in [1.82, 2.24) is 0 Å². The molecule has 2 heteroatoms. The van der Waals surface area contributed by atoms with Crippen LogP contribution in [0.2, 0.25) is 18.1 Å². The topological polar surface area (TPSA) is 9.23 Å². The highest BCUT2D eigenvalue weighted by Gasteiger charge is 2.39. The molecular formula is C14H26OSi. The maximum absolute atomic E-state index is 6.36. The fourth-order valence-corrected chi connectivity index (χ4v) is 2.99. The molecule has 1 unspecified atom stereocenters. The molecule has 0 aromatic carbocycles. The molecule has 92 valence electrons. The van der Waals surface area contributed by atoms with Gasteiger partial charge < -0.3 is 4.43 Å². The average molecular weight is 238 g/mol. The van der Waals surface area contributed by atoms with E-state index in [-0.39, 0.29) is 0 Å². The average Bonchev–Trinajstić information content (AvgIpc) is 2.49. The summed E-state index contributed by atoms with van der Waals surface area (Å²) in [5, 5.41) is 0.298. The Bertz CT molecular complexity index is 307. The summed E-state index contributed by atoms with van der Waals surface area (Å²) in [5.74, 6) is 0. The van der Waals surface area contributed by atoms with Crippen molar-refractivity contribution >= 4 is 8.32 Å². The van der Waals surface area contributed by atoms with Gasteiger partial charge in [-0.15, -0.1) is 0 Å². The van der Waals surface area contributed by atoms with Crippen LogP contribution in [0.3, 0.4) is 0 Å². The number of hydrogen-bond acceptors (Lipinski definition) is 1. The summed E-state index contributed by atoms with van der Waals surface area (Å²) in [4.78, 5) is 0. The van der Waals surface area contributed by atoms with Crippen LogP contribution in [0.25, 0.3) is 0 Å². The van der Waals surface area contributed by atoms with E-state index >= 15 is 0 Å². The zero-order valence-corrected chi connectivity index (χ0v) is 12.7. The molecule has 0 radical (unpaired) electrons. The van der Waals surface area contributed by atoms with Crippen molar-refractivity contribution < 1.29 is 4.43 Å². The minimum atomic E-state index is -1.61. The molecule has 0 heterocycles. The van der Waals surface area contributed by atoms with Gasteiger partial charge in [-0.25, -0.2) is 0 Å². The fraction of sp³-hybridized carbons (Fsp3) is 0.714. The first-order chi connectivity index (χ1) is 7.13. The standard InChI is InChI=1S/C14H26OSi/c1-11(2)12-8-9-13(10-12)15-16(6,7)14(3,4)5/h10,13H,1,8-9H2,2-7H3. The highest BCUT2D eigenvalue weighted by molar-refractivity contribution is 6.74. The van der Waals surface area contributed by atoms with Crippen LogP contribution in [0.1, 0.15) is 40.5 Å². The molecule has 0 N–H and O–H groups in total. The molecule has 0 bridgehead atoms. The quantitative estimate of drug-likeness (QED) is 0.649. The Morgan fingerprint density at radius 1 is 1.44 bits per heavy atom. The van der Waals surface area contributed by atoms with E-state index in [0.29, 0.717) is 11.1 Å². The van der Waals surface area contributed by atoms with Gasteiger partial charge in [0.25, 0.3) is 0 Å². The van der Waals surface area contributed by atoms with Gasteiger partial charge >= 0.3 is 0 Å². The van der Waals surface area contributed by atoms with Crippen molar-refractivity contribution in [3.63, 3.8) is 0 Å². The van der Waals surface area contributed by atoms with E-state index in [0.717, 1.165) is 12.8 Å². The Kier molecular flexibility index (Phi) is 3.86. The van der Waals surface area contributed by atoms with Crippen molar-refractivity contribution in [3.05, 3.63) is 23.8 Å². The van der Waals surface area contributed by atoms with E-state index in [1.54, 1.807) is 0 Å². The van der Waals surface area contributed by atoms with Gasteiger partial charge in [-0.05, 0) is 43.5 Å². The second kappa shape index (κ2) is 4.50. The smallest absolute Gasteiger partial charge is 0.192 e. The first-order valence-corrected chi connectivity index (χ1v) is 9.09. The number of hydrogen-bond donors (Lipinski definition) is 0. The minimum absolute atomic E-state index is 0.298. The lowest BCUT2D eigenvalue weighted by Crippen LogP contribution is -2.43. The summed E-state index contributed by atoms with van der Waals surface area (Å²) >= 11 is 0. The largest absolute Gasteiger partial charge is 0.411 e. The van der Waals surface area contributed by atoms with Crippen LogP contribution in [0.4, 0.5) is 0 Å². The lowest BCUT2D eigenvalue weighted by atomic mass is 10.1. The van der Waals surface area contributed by atoms with Gasteiger partial charge in [-0.1, -0.05) is 39.0 Å². The SMILES string of the molecule is C=C(C)C1=CC(O[Si](C)(C)C(C)(C)C)CC1. The molecule has 16 heavy (non-hydrogen) atoms. The van der Waals surface area contributed by atoms with E-state index in [1.807, 2.05) is 0 Å². The van der Waals surface area contributed by atoms with Crippen LogP contribution in [0.15, 0.2) is 23.8 Å². The molecule has 0 saturated heterocycles. The summed E-state index contributed by atoms with van der Waals surface area (Å²) in [5.41, 5.74) is 2.59. The van der Waals surface area contributed by atoms with E-state index in [1.165, 1.54) is 11.1 Å². The maximum atomic E-state index is 6.36. The highest BCUT2D eigenvalue weighted by atomic mass is 28.4. The molecular weight excluding hydrogens is 212 g/mol. The van der Waals surface area contributed by atoms with Crippen LogP contribution >= 0.6 is 0 Å². The predicted molar refractivity (Wildman–Crippen MR) is 74.2 cm³/mol. The third-order valence-corrected chi connectivity index (χ3v) is 8.39. The summed E-state index contributed by atoms with van der Waals surface area (Å²) in [6, 6.07) is 0. The molecule has 1 rings (SSSR count). The Labute approximate surface area is 102 Å². The van der Waals surface area contributed by atoms with E-state index < -0.39 is 8.32 Å². The van der Waals surface area contributed by atoms with Gasteiger partial charge in [-0.2, -0.15) is 0 Å². The van der Waals surface area contributed by atoms with Crippen molar-refractivity contribution in [1.29, 1.82) is 0 Å². The predicted octanol–water partition coefficient (Wildman–Crippen LogP) is 4.67. The first kappa shape index (κ1) is 13.7. The molecule has 0 aliphatic heterocycles. The summed E-state index contributed by atoms with van der Waals surface area (Å²) < 4.78 is 6.36. The summed E-state index contributed by atoms with van der Waals surface area (Å²) in [7, 11) is -1.61. The minimum Gasteiger partial charge on any atom is -0.411 e. The molecule has 1 aliphatic carbocycles. The van der Waals surface area contributed by atoms with Gasteiger partial charge in [-0.3, -0.25) is 0 Å². The van der Waals surface area contributed by atoms with E-state index in [2.05, 4.69) is 53.4 Å². The van der Waals surface area contributed by atoms with Crippen molar-refractivity contribution in [2.75, 3.05) is 0 Å². The van der Waals surface area contributed by atoms with Gasteiger partial charge in [0.1, 0.15) is 0 Å². The van der Waals surface area contributed by atoms with Gasteiger partial charge in [0.05, 0.1) is 6.10 Å². The Morgan fingerprint density at radius 2 is 2.00 bits per heavy atom. The molecule has 0 aromatic rings. The van der Waals surface area contributed by atoms with Gasteiger partial charge in [0, 0.05) is 0 Å². The first-order valence-electron chi connectivity index (χ1n) is 6.18. The molecule has 0 saturated carbocycles. The fourth-order valence-electron chi connectivity index (χ4n) is 1.69. The second-order valence-electron chi connectivity index (χ2n) is 6.43. The number of allylic oxidation sites excluding steroid dienone is 2. The second-order valence-corrected chi connectivity index (χ2v) is 11.2. The van der Waals surface area contributed by atoms with Crippen molar-refractivity contribution in [3.8, 4) is 0 Å². The third-order valence-electron chi connectivity index (χ3n) is 3.89. The molecule has 0 fully saturated rings. The molecule has 1 nitrogen and oxygen atoms in total. The number of rotatable bonds is 3. The monoisotopic (exact) mass is 238 g/mol. The lowest BCUT2D eigenvalue weighted by molar-refractivity contribution is 0.224. The van der Waals surface area contributed by atoms with Gasteiger partial charge in [0.15, 0.2) is 8.32 Å². The molecule has 1 atom stereocenters. The van der Waals surface area contributed by atoms with Gasteiger partial charge in [0.2, 0.25) is 0 Å². The van der Waals surface area contributed by atoms with Crippen LogP contribution in [-0.2, 0) is 4.43 Å².